The van der Waals surface area contributed by atoms with Gasteiger partial charge in [0.05, 0.1) is 5.16 Å². The number of benzene rings is 3. The van der Waals surface area contributed by atoms with E-state index in [-0.39, 0.29) is 5.82 Å². The molecule has 136 valence electrons. The molecule has 0 aliphatic rings. The number of rotatable bonds is 3. The molecule has 0 spiro atoms. The van der Waals surface area contributed by atoms with Crippen LogP contribution in [-0.4, -0.2) is 5.16 Å². The molecule has 0 aromatic heterocycles. The van der Waals surface area contributed by atoms with E-state index >= 15 is 0 Å². The highest BCUT2D eigenvalue weighted by molar-refractivity contribution is 7.78. The van der Waals surface area contributed by atoms with Gasteiger partial charge in [0, 0.05) is 5.56 Å². The van der Waals surface area contributed by atoms with Gasteiger partial charge in [-0.15, -0.1) is 0 Å². The summed E-state index contributed by atoms with van der Waals surface area (Å²) in [5.41, 5.74) is 4.27. The molecule has 0 N–H and O–H groups in total. The molecule has 3 aromatic carbocycles. The summed E-state index contributed by atoms with van der Waals surface area (Å²) in [5.74, 6) is -1.92. The number of isothiocyanates is 1. The largest absolute Gasteiger partial charge is 0.206 e. The minimum Gasteiger partial charge on any atom is -0.206 e. The molecule has 0 amide bonds. The number of hydrogen-bond acceptors (Lipinski definition) is 2. The van der Waals surface area contributed by atoms with Crippen molar-refractivity contribution in [3.8, 4) is 22.3 Å². The predicted molar refractivity (Wildman–Crippen MR) is 106 cm³/mol. The van der Waals surface area contributed by atoms with Crippen molar-refractivity contribution in [2.45, 2.75) is 20.8 Å². The molecule has 0 aliphatic carbocycles. The highest BCUT2D eigenvalue weighted by atomic mass is 32.1. The quantitative estimate of drug-likeness (QED) is 0.347. The molecule has 3 aromatic rings. The van der Waals surface area contributed by atoms with Gasteiger partial charge in [-0.3, -0.25) is 0 Å². The van der Waals surface area contributed by atoms with E-state index in [1.54, 1.807) is 12.1 Å². The lowest BCUT2D eigenvalue weighted by Crippen LogP contribution is -1.93. The zero-order chi connectivity index (χ0) is 19.7. The Balaban J connectivity index is 2.10. The minimum atomic E-state index is -0.814. The second kappa shape index (κ2) is 7.47. The van der Waals surface area contributed by atoms with Crippen LogP contribution in [-0.2, 0) is 0 Å². The first-order valence-corrected chi connectivity index (χ1v) is 8.67. The van der Waals surface area contributed by atoms with Crippen molar-refractivity contribution in [1.82, 2.24) is 0 Å². The number of aliphatic imine (C=N–C) groups is 1. The molecular formula is C22H16F3NS. The summed E-state index contributed by atoms with van der Waals surface area (Å²) < 4.78 is 42.7. The Labute approximate surface area is 161 Å². The summed E-state index contributed by atoms with van der Waals surface area (Å²) in [5, 5.41) is 1.97. The fourth-order valence-electron chi connectivity index (χ4n) is 3.30. The van der Waals surface area contributed by atoms with Crippen LogP contribution in [0.1, 0.15) is 16.7 Å². The van der Waals surface area contributed by atoms with Crippen LogP contribution >= 0.6 is 12.2 Å². The Bertz CT molecular complexity index is 1050. The Kier molecular flexibility index (Phi) is 5.26. The highest BCUT2D eigenvalue weighted by Crippen LogP contribution is 2.34. The number of aryl methyl sites for hydroxylation is 3. The van der Waals surface area contributed by atoms with Crippen LogP contribution in [0, 0.1) is 38.2 Å². The smallest absolute Gasteiger partial charge is 0.153 e. The molecular weight excluding hydrogens is 367 g/mol. The van der Waals surface area contributed by atoms with Crippen molar-refractivity contribution in [3.63, 3.8) is 0 Å². The zero-order valence-corrected chi connectivity index (χ0v) is 15.8. The molecule has 0 unspecified atom stereocenters. The lowest BCUT2D eigenvalue weighted by molar-refractivity contribution is 0.588. The molecule has 0 atom stereocenters. The summed E-state index contributed by atoms with van der Waals surface area (Å²) in [4.78, 5) is 3.42. The third-order valence-corrected chi connectivity index (χ3v) is 4.52. The maximum Gasteiger partial charge on any atom is 0.153 e. The monoisotopic (exact) mass is 383 g/mol. The van der Waals surface area contributed by atoms with E-state index in [1.807, 2.05) is 38.1 Å². The molecule has 1 nitrogen and oxygen atoms in total. The van der Waals surface area contributed by atoms with Crippen molar-refractivity contribution in [2.24, 2.45) is 4.99 Å². The van der Waals surface area contributed by atoms with E-state index in [4.69, 9.17) is 0 Å². The topological polar surface area (TPSA) is 12.4 Å². The van der Waals surface area contributed by atoms with Gasteiger partial charge in [-0.05, 0) is 84.6 Å². The maximum absolute atomic E-state index is 14.5. The molecule has 0 radical (unpaired) electrons. The first kappa shape index (κ1) is 19.0. The average molecular weight is 383 g/mol. The molecule has 0 bridgehead atoms. The van der Waals surface area contributed by atoms with Gasteiger partial charge in [-0.25, -0.2) is 13.2 Å². The van der Waals surface area contributed by atoms with Gasteiger partial charge in [0.2, 0.25) is 0 Å². The summed E-state index contributed by atoms with van der Waals surface area (Å²) in [6.45, 7) is 5.52. The van der Waals surface area contributed by atoms with E-state index in [1.165, 1.54) is 18.2 Å². The van der Waals surface area contributed by atoms with Crippen LogP contribution in [0.4, 0.5) is 18.9 Å². The van der Waals surface area contributed by atoms with Crippen LogP contribution in [0.15, 0.2) is 47.5 Å². The Morgan fingerprint density at radius 3 is 2.00 bits per heavy atom. The lowest BCUT2D eigenvalue weighted by Gasteiger charge is -2.13. The van der Waals surface area contributed by atoms with Gasteiger partial charge in [-0.2, -0.15) is 4.99 Å². The second-order valence-electron chi connectivity index (χ2n) is 6.46. The summed E-state index contributed by atoms with van der Waals surface area (Å²) in [6.07, 6.45) is 0. The maximum atomic E-state index is 14.5. The molecule has 0 aliphatic heterocycles. The number of halogens is 3. The van der Waals surface area contributed by atoms with Crippen LogP contribution < -0.4 is 0 Å². The fourth-order valence-corrected chi connectivity index (χ4v) is 3.39. The average Bonchev–Trinajstić information content (AvgIpc) is 2.57. The van der Waals surface area contributed by atoms with Gasteiger partial charge in [0.1, 0.15) is 11.5 Å². The Hall–Kier alpha value is -2.75. The molecule has 3 rings (SSSR count). The van der Waals surface area contributed by atoms with Crippen molar-refractivity contribution in [1.29, 1.82) is 0 Å². The van der Waals surface area contributed by atoms with Crippen molar-refractivity contribution in [2.75, 3.05) is 0 Å². The molecule has 0 fully saturated rings. The molecule has 27 heavy (non-hydrogen) atoms. The van der Waals surface area contributed by atoms with E-state index in [9.17, 15) is 13.2 Å². The number of thiocarbonyl (C=S) groups is 1. The second-order valence-corrected chi connectivity index (χ2v) is 6.64. The third-order valence-electron chi connectivity index (χ3n) is 4.43. The molecule has 0 saturated heterocycles. The first-order chi connectivity index (χ1) is 12.8. The summed E-state index contributed by atoms with van der Waals surface area (Å²) >= 11 is 4.41. The van der Waals surface area contributed by atoms with Crippen LogP contribution in [0.2, 0.25) is 0 Å². The van der Waals surface area contributed by atoms with Crippen LogP contribution in [0.3, 0.4) is 0 Å². The normalized spacial score (nSPS) is 10.6. The lowest BCUT2D eigenvalue weighted by atomic mass is 9.93. The fraction of sp³-hybridized carbons (Fsp3) is 0.136. The minimum absolute atomic E-state index is 0.292. The Morgan fingerprint density at radius 2 is 1.44 bits per heavy atom. The van der Waals surface area contributed by atoms with E-state index < -0.39 is 17.3 Å². The molecule has 0 saturated carbocycles. The van der Waals surface area contributed by atoms with Crippen molar-refractivity contribution in [3.05, 3.63) is 76.6 Å². The van der Waals surface area contributed by atoms with Crippen molar-refractivity contribution >= 4 is 23.1 Å². The third kappa shape index (κ3) is 3.70. The summed E-state index contributed by atoms with van der Waals surface area (Å²) in [7, 11) is 0. The van der Waals surface area contributed by atoms with Gasteiger partial charge >= 0.3 is 0 Å². The van der Waals surface area contributed by atoms with Crippen molar-refractivity contribution < 1.29 is 13.2 Å². The van der Waals surface area contributed by atoms with Crippen LogP contribution in [0.5, 0.6) is 0 Å². The van der Waals surface area contributed by atoms with Gasteiger partial charge in [0.25, 0.3) is 0 Å². The number of hydrogen-bond donors (Lipinski definition) is 0. The van der Waals surface area contributed by atoms with Crippen LogP contribution in [0.25, 0.3) is 22.3 Å². The SMILES string of the molecule is Cc1cc(C)c(-c2ccc(-c3cc(F)c(N=C=S)c(F)c3)c(C)c2)c(F)c1. The Morgan fingerprint density at radius 1 is 0.778 bits per heavy atom. The zero-order valence-electron chi connectivity index (χ0n) is 15.0. The summed E-state index contributed by atoms with van der Waals surface area (Å²) in [6, 6.07) is 11.1. The number of nitrogens with zero attached hydrogens (tertiary/aromatic N) is 1. The van der Waals surface area contributed by atoms with Gasteiger partial charge in [0.15, 0.2) is 11.6 Å². The van der Waals surface area contributed by atoms with E-state index in [0.29, 0.717) is 22.3 Å². The highest BCUT2D eigenvalue weighted by Gasteiger charge is 2.15. The van der Waals surface area contributed by atoms with E-state index in [2.05, 4.69) is 17.2 Å². The molecule has 5 heteroatoms. The first-order valence-electron chi connectivity index (χ1n) is 8.27. The predicted octanol–water partition coefficient (Wildman–Crippen LogP) is 7.10. The van der Waals surface area contributed by atoms with Gasteiger partial charge in [-0.1, -0.05) is 24.3 Å². The standard InChI is InChI=1S/C22H16F3NS/c1-12-6-14(3)21(18(23)7-12)15-4-5-17(13(2)8-15)16-9-19(24)22(26-11-27)20(25)10-16/h4-10H,1-3H3. The van der Waals surface area contributed by atoms with E-state index in [0.717, 1.165) is 16.7 Å². The molecule has 0 heterocycles. The van der Waals surface area contributed by atoms with Gasteiger partial charge < -0.3 is 0 Å².